The standard InChI is InChI=1S/C27H20F4O7S/c28-22-24(30)27(39(34,35)36)25(31)23(29)26(22)38-20(33)10-9-19(32)37-12-13-11-18-14-5-1-3-7-16(14)21(13)17-8-4-2-6-15(17)18/h1-8,13,18,21H,9-12H2,(H,34,35,36). The lowest BCUT2D eigenvalue weighted by atomic mass is 9.59. The van der Waals surface area contributed by atoms with Crippen molar-refractivity contribution in [2.75, 3.05) is 6.61 Å². The van der Waals surface area contributed by atoms with Crippen molar-refractivity contribution < 1.29 is 49.6 Å². The minimum atomic E-state index is -5.66. The molecule has 0 saturated heterocycles. The molecule has 3 aliphatic rings. The van der Waals surface area contributed by atoms with Crippen LogP contribution < -0.4 is 4.74 Å². The van der Waals surface area contributed by atoms with Gasteiger partial charge in [0, 0.05) is 17.8 Å². The van der Waals surface area contributed by atoms with Crippen LogP contribution in [0.5, 0.6) is 5.75 Å². The van der Waals surface area contributed by atoms with Gasteiger partial charge in [-0.3, -0.25) is 14.1 Å². The van der Waals surface area contributed by atoms with Crippen LogP contribution in [0.15, 0.2) is 53.4 Å². The molecule has 3 aromatic carbocycles. The van der Waals surface area contributed by atoms with Crippen molar-refractivity contribution in [2.45, 2.75) is 36.0 Å². The van der Waals surface area contributed by atoms with Crippen LogP contribution in [0, 0.1) is 29.2 Å². The molecule has 39 heavy (non-hydrogen) atoms. The van der Waals surface area contributed by atoms with Crippen LogP contribution in [-0.4, -0.2) is 31.5 Å². The van der Waals surface area contributed by atoms with Crippen molar-refractivity contribution in [1.82, 2.24) is 0 Å². The molecule has 3 aliphatic carbocycles. The van der Waals surface area contributed by atoms with E-state index in [-0.39, 0.29) is 24.4 Å². The Morgan fingerprint density at radius 2 is 1.28 bits per heavy atom. The van der Waals surface area contributed by atoms with Crippen molar-refractivity contribution in [1.29, 1.82) is 0 Å². The molecule has 1 N–H and O–H groups in total. The predicted octanol–water partition coefficient (Wildman–Crippen LogP) is 5.02. The zero-order valence-corrected chi connectivity index (χ0v) is 20.8. The molecule has 3 aromatic rings. The maximum absolute atomic E-state index is 14.1. The third-order valence-electron chi connectivity index (χ3n) is 7.07. The lowest BCUT2D eigenvalue weighted by Gasteiger charge is -2.45. The normalized spacial score (nSPS) is 19.3. The van der Waals surface area contributed by atoms with Gasteiger partial charge in [-0.1, -0.05) is 48.5 Å². The number of benzene rings is 3. The van der Waals surface area contributed by atoms with Crippen LogP contribution >= 0.6 is 0 Å². The number of carbonyl (C=O) groups excluding carboxylic acids is 2. The number of esters is 2. The first-order valence-corrected chi connectivity index (χ1v) is 13.3. The number of hydrogen-bond acceptors (Lipinski definition) is 6. The van der Waals surface area contributed by atoms with E-state index >= 15 is 0 Å². The van der Waals surface area contributed by atoms with Gasteiger partial charge in [0.1, 0.15) is 0 Å². The summed E-state index contributed by atoms with van der Waals surface area (Å²) in [6.07, 6.45) is -0.545. The lowest BCUT2D eigenvalue weighted by molar-refractivity contribution is -0.148. The van der Waals surface area contributed by atoms with Crippen molar-refractivity contribution in [3.63, 3.8) is 0 Å². The molecule has 1 atom stereocenters. The van der Waals surface area contributed by atoms with E-state index in [1.165, 1.54) is 22.3 Å². The number of ether oxygens (including phenoxy) is 2. The van der Waals surface area contributed by atoms with E-state index in [1.807, 2.05) is 24.3 Å². The molecule has 0 aliphatic heterocycles. The van der Waals surface area contributed by atoms with Crippen LogP contribution in [0.2, 0.25) is 0 Å². The smallest absolute Gasteiger partial charge is 0.311 e. The summed E-state index contributed by atoms with van der Waals surface area (Å²) in [7, 11) is -5.66. The summed E-state index contributed by atoms with van der Waals surface area (Å²) in [5.74, 6) is -13.5. The van der Waals surface area contributed by atoms with Gasteiger partial charge in [0.15, 0.2) is 16.5 Å². The monoisotopic (exact) mass is 564 g/mol. The van der Waals surface area contributed by atoms with E-state index in [2.05, 4.69) is 29.0 Å². The zero-order chi connectivity index (χ0) is 28.1. The van der Waals surface area contributed by atoms with Gasteiger partial charge < -0.3 is 9.47 Å². The molecular formula is C27H20F4O7S. The van der Waals surface area contributed by atoms with Crippen LogP contribution in [0.1, 0.15) is 53.4 Å². The largest absolute Gasteiger partial charge is 0.465 e. The number of fused-ring (bicyclic) bond motifs is 1. The highest BCUT2D eigenvalue weighted by Crippen LogP contribution is 2.55. The second-order valence-electron chi connectivity index (χ2n) is 9.33. The van der Waals surface area contributed by atoms with Gasteiger partial charge in [-0.15, -0.1) is 0 Å². The number of rotatable bonds is 7. The summed E-state index contributed by atoms with van der Waals surface area (Å²) in [4.78, 5) is 22.1. The van der Waals surface area contributed by atoms with Gasteiger partial charge in [0.25, 0.3) is 0 Å². The Hall–Kier alpha value is -3.77. The Morgan fingerprint density at radius 3 is 1.79 bits per heavy atom. The molecule has 0 amide bonds. The SMILES string of the molecule is O=C(CCC(=O)Oc1c(F)c(F)c(S(=O)(=O)O)c(F)c1F)OCC1CC2c3ccccc3C1c1ccccc12. The molecule has 0 saturated carbocycles. The Morgan fingerprint density at radius 1 is 0.795 bits per heavy atom. The first-order valence-electron chi connectivity index (χ1n) is 11.9. The van der Waals surface area contributed by atoms with E-state index in [0.29, 0.717) is 0 Å². The number of halogens is 4. The van der Waals surface area contributed by atoms with Crippen molar-refractivity contribution in [3.8, 4) is 5.75 Å². The summed E-state index contributed by atoms with van der Waals surface area (Å²) < 4.78 is 96.5. The third kappa shape index (κ3) is 4.78. The quantitative estimate of drug-likeness (QED) is 0.141. The van der Waals surface area contributed by atoms with Gasteiger partial charge in [-0.05, 0) is 28.7 Å². The highest BCUT2D eigenvalue weighted by molar-refractivity contribution is 7.85. The second kappa shape index (κ2) is 10.1. The maximum Gasteiger partial charge on any atom is 0.311 e. The molecule has 12 heteroatoms. The van der Waals surface area contributed by atoms with E-state index in [0.717, 1.165) is 6.42 Å². The van der Waals surface area contributed by atoms with E-state index in [1.54, 1.807) is 0 Å². The lowest BCUT2D eigenvalue weighted by Crippen LogP contribution is -2.35. The molecule has 0 radical (unpaired) electrons. The molecule has 0 aromatic heterocycles. The van der Waals surface area contributed by atoms with Gasteiger partial charge in [-0.2, -0.15) is 17.2 Å². The van der Waals surface area contributed by atoms with E-state index in [9.17, 15) is 35.6 Å². The third-order valence-corrected chi connectivity index (χ3v) is 7.95. The number of carbonyl (C=O) groups is 2. The van der Waals surface area contributed by atoms with Gasteiger partial charge in [-0.25, -0.2) is 8.78 Å². The molecule has 1 unspecified atom stereocenters. The zero-order valence-electron chi connectivity index (χ0n) is 20.0. The van der Waals surface area contributed by atoms with Crippen LogP contribution in [0.25, 0.3) is 0 Å². The van der Waals surface area contributed by atoms with E-state index < -0.39 is 68.8 Å². The predicted molar refractivity (Wildman–Crippen MR) is 127 cm³/mol. The minimum Gasteiger partial charge on any atom is -0.465 e. The van der Waals surface area contributed by atoms with Crippen LogP contribution in [0.3, 0.4) is 0 Å². The van der Waals surface area contributed by atoms with Gasteiger partial charge >= 0.3 is 22.1 Å². The first kappa shape index (κ1) is 26.8. The van der Waals surface area contributed by atoms with Crippen molar-refractivity contribution >= 4 is 22.1 Å². The average Bonchev–Trinajstić information content (AvgIpc) is 2.91. The Labute approximate surface area is 220 Å². The summed E-state index contributed by atoms with van der Waals surface area (Å²) in [6.45, 7) is 0.0640. The van der Waals surface area contributed by atoms with Crippen LogP contribution in [0.4, 0.5) is 17.6 Å². The fraction of sp³-hybridized carbons (Fsp3) is 0.259. The summed E-state index contributed by atoms with van der Waals surface area (Å²) in [5.41, 5.74) is 4.81. The first-order chi connectivity index (χ1) is 18.5. The minimum absolute atomic E-state index is 0.0154. The number of hydrogen-bond donors (Lipinski definition) is 1. The van der Waals surface area contributed by atoms with Gasteiger partial charge in [0.2, 0.25) is 17.4 Å². The molecule has 6 rings (SSSR count). The molecule has 7 nitrogen and oxygen atoms in total. The highest BCUT2D eigenvalue weighted by Gasteiger charge is 2.43. The molecule has 0 spiro atoms. The topological polar surface area (TPSA) is 107 Å². The average molecular weight is 565 g/mol. The second-order valence-corrected chi connectivity index (χ2v) is 10.7. The van der Waals surface area contributed by atoms with Crippen molar-refractivity contribution in [2.24, 2.45) is 5.92 Å². The summed E-state index contributed by atoms with van der Waals surface area (Å²) in [5, 5.41) is 0. The van der Waals surface area contributed by atoms with Crippen LogP contribution in [-0.2, 0) is 24.4 Å². The van der Waals surface area contributed by atoms with E-state index in [4.69, 9.17) is 9.29 Å². The fourth-order valence-electron chi connectivity index (χ4n) is 5.47. The highest BCUT2D eigenvalue weighted by atomic mass is 32.2. The molecule has 0 fully saturated rings. The molecule has 0 heterocycles. The maximum atomic E-state index is 14.1. The Bertz CT molecular complexity index is 1530. The summed E-state index contributed by atoms with van der Waals surface area (Å²) >= 11 is 0. The Kier molecular flexibility index (Phi) is 6.93. The van der Waals surface area contributed by atoms with Crippen molar-refractivity contribution in [3.05, 3.63) is 94.1 Å². The molecule has 204 valence electrons. The molecule has 2 bridgehead atoms. The fourth-order valence-corrected chi connectivity index (χ4v) is 6.10. The van der Waals surface area contributed by atoms with Gasteiger partial charge in [0.05, 0.1) is 19.4 Å². The summed E-state index contributed by atoms with van der Waals surface area (Å²) in [6, 6.07) is 16.2. The molecular weight excluding hydrogens is 544 g/mol. The Balaban J connectivity index is 1.22.